The van der Waals surface area contributed by atoms with Crippen molar-refractivity contribution in [2.24, 2.45) is 0 Å². The van der Waals surface area contributed by atoms with E-state index in [0.717, 1.165) is 25.7 Å². The van der Waals surface area contributed by atoms with Gasteiger partial charge in [0.05, 0.1) is 0 Å². The van der Waals surface area contributed by atoms with Gasteiger partial charge < -0.3 is 9.47 Å². The van der Waals surface area contributed by atoms with Crippen molar-refractivity contribution in [2.45, 2.75) is 78.4 Å². The van der Waals surface area contributed by atoms with Crippen molar-refractivity contribution in [3.05, 3.63) is 0 Å². The molecule has 0 aromatic heterocycles. The van der Waals surface area contributed by atoms with E-state index in [1.54, 1.807) is 0 Å². The highest BCUT2D eigenvalue weighted by Crippen LogP contribution is 2.21. The molecular formula is C13H26O3. The van der Waals surface area contributed by atoms with Crippen molar-refractivity contribution in [1.29, 1.82) is 0 Å². The zero-order chi connectivity index (χ0) is 12.8. The summed E-state index contributed by atoms with van der Waals surface area (Å²) < 4.78 is 10.6. The van der Waals surface area contributed by atoms with E-state index < -0.39 is 17.4 Å². The van der Waals surface area contributed by atoms with Gasteiger partial charge in [-0.3, -0.25) is 0 Å². The Bertz CT molecular complexity index is 197. The van der Waals surface area contributed by atoms with Crippen LogP contribution in [0.15, 0.2) is 0 Å². The molecule has 96 valence electrons. The molecule has 0 radical (unpaired) electrons. The van der Waals surface area contributed by atoms with E-state index in [0.29, 0.717) is 0 Å². The largest absolute Gasteiger partial charge is 0.509 e. The molecule has 0 aromatic rings. The summed E-state index contributed by atoms with van der Waals surface area (Å²) in [7, 11) is 0. The zero-order valence-electron chi connectivity index (χ0n) is 11.6. The molecule has 0 aliphatic carbocycles. The lowest BCUT2D eigenvalue weighted by Gasteiger charge is -2.29. The summed E-state index contributed by atoms with van der Waals surface area (Å²) in [5, 5.41) is 0. The fraction of sp³-hybridized carbons (Fsp3) is 0.923. The van der Waals surface area contributed by atoms with Gasteiger partial charge in [-0.2, -0.15) is 0 Å². The molecule has 0 unspecified atom stereocenters. The highest BCUT2D eigenvalue weighted by atomic mass is 16.7. The van der Waals surface area contributed by atoms with Crippen LogP contribution in [0.25, 0.3) is 0 Å². The summed E-state index contributed by atoms with van der Waals surface area (Å²) in [5.41, 5.74) is -0.873. The Morgan fingerprint density at radius 2 is 1.19 bits per heavy atom. The van der Waals surface area contributed by atoms with Gasteiger partial charge in [0.2, 0.25) is 0 Å². The van der Waals surface area contributed by atoms with Gasteiger partial charge in [0.15, 0.2) is 0 Å². The van der Waals surface area contributed by atoms with Gasteiger partial charge in [-0.1, -0.05) is 26.7 Å². The van der Waals surface area contributed by atoms with Crippen LogP contribution in [0.4, 0.5) is 4.79 Å². The van der Waals surface area contributed by atoms with Gasteiger partial charge in [0.1, 0.15) is 11.2 Å². The molecule has 0 aromatic carbocycles. The van der Waals surface area contributed by atoms with E-state index in [2.05, 4.69) is 13.8 Å². The number of hydrogen-bond donors (Lipinski definition) is 0. The lowest BCUT2D eigenvalue weighted by atomic mass is 10.0. The van der Waals surface area contributed by atoms with E-state index in [1.165, 1.54) is 0 Å². The van der Waals surface area contributed by atoms with Crippen molar-refractivity contribution < 1.29 is 14.3 Å². The fourth-order valence-corrected chi connectivity index (χ4v) is 1.78. The maximum atomic E-state index is 11.6. The molecule has 3 nitrogen and oxygen atoms in total. The number of carbonyl (C=O) groups is 1. The molecule has 0 atom stereocenters. The van der Waals surface area contributed by atoms with E-state index in [1.807, 2.05) is 27.7 Å². The first-order chi connectivity index (χ1) is 7.22. The maximum Gasteiger partial charge on any atom is 0.509 e. The number of hydrogen-bond acceptors (Lipinski definition) is 3. The zero-order valence-corrected chi connectivity index (χ0v) is 11.6. The first kappa shape index (κ1) is 15.3. The SMILES string of the molecule is CCCC(C)(C)OC(=O)OC(C)(C)CCC. The molecule has 0 spiro atoms. The van der Waals surface area contributed by atoms with Gasteiger partial charge in [0.25, 0.3) is 0 Å². The molecule has 0 saturated heterocycles. The molecule has 0 aliphatic rings. The second-order valence-electron chi connectivity index (χ2n) is 5.47. The molecule has 16 heavy (non-hydrogen) atoms. The van der Waals surface area contributed by atoms with Crippen molar-refractivity contribution in [3.63, 3.8) is 0 Å². The summed E-state index contributed by atoms with van der Waals surface area (Å²) >= 11 is 0. The lowest BCUT2D eigenvalue weighted by molar-refractivity contribution is -0.0636. The number of ether oxygens (including phenoxy) is 2. The average molecular weight is 230 g/mol. The van der Waals surface area contributed by atoms with Crippen molar-refractivity contribution in [1.82, 2.24) is 0 Å². The molecule has 0 saturated carbocycles. The molecular weight excluding hydrogens is 204 g/mol. The van der Waals surface area contributed by atoms with E-state index >= 15 is 0 Å². The quantitative estimate of drug-likeness (QED) is 0.638. The molecule has 0 heterocycles. The highest BCUT2D eigenvalue weighted by Gasteiger charge is 2.27. The Morgan fingerprint density at radius 1 is 0.875 bits per heavy atom. The Labute approximate surface area is 99.5 Å². The van der Waals surface area contributed by atoms with Crippen LogP contribution in [-0.2, 0) is 9.47 Å². The average Bonchev–Trinajstić information content (AvgIpc) is 1.99. The van der Waals surface area contributed by atoms with Crippen LogP contribution in [0.2, 0.25) is 0 Å². The summed E-state index contributed by atoms with van der Waals surface area (Å²) in [6, 6.07) is 0. The lowest BCUT2D eigenvalue weighted by Crippen LogP contribution is -2.34. The summed E-state index contributed by atoms with van der Waals surface area (Å²) in [6.07, 6.45) is 3.10. The molecule has 0 amide bonds. The van der Waals surface area contributed by atoms with E-state index in [9.17, 15) is 4.79 Å². The van der Waals surface area contributed by atoms with Crippen LogP contribution in [0.1, 0.15) is 67.2 Å². The minimum Gasteiger partial charge on any atom is -0.428 e. The van der Waals surface area contributed by atoms with Crippen molar-refractivity contribution >= 4 is 6.16 Å². The molecule has 0 bridgehead atoms. The molecule has 0 N–H and O–H groups in total. The van der Waals surface area contributed by atoms with E-state index in [4.69, 9.17) is 9.47 Å². The minimum atomic E-state index is -0.558. The van der Waals surface area contributed by atoms with E-state index in [-0.39, 0.29) is 0 Å². The predicted octanol–water partition coefficient (Wildman–Crippen LogP) is 4.30. The number of rotatable bonds is 6. The highest BCUT2D eigenvalue weighted by molar-refractivity contribution is 5.61. The smallest absolute Gasteiger partial charge is 0.428 e. The van der Waals surface area contributed by atoms with Crippen molar-refractivity contribution in [2.75, 3.05) is 0 Å². The maximum absolute atomic E-state index is 11.6. The molecule has 3 heteroatoms. The topological polar surface area (TPSA) is 35.5 Å². The first-order valence-corrected chi connectivity index (χ1v) is 6.14. The fourth-order valence-electron chi connectivity index (χ4n) is 1.78. The van der Waals surface area contributed by atoms with Gasteiger partial charge in [0, 0.05) is 0 Å². The summed E-state index contributed by atoms with van der Waals surface area (Å²) in [4.78, 5) is 11.6. The molecule has 0 fully saturated rings. The second kappa shape index (κ2) is 6.12. The Balaban J connectivity index is 4.17. The van der Waals surface area contributed by atoms with Crippen LogP contribution in [0, 0.1) is 0 Å². The normalized spacial score (nSPS) is 12.4. The Morgan fingerprint density at radius 3 is 1.44 bits per heavy atom. The third kappa shape index (κ3) is 6.70. The second-order valence-corrected chi connectivity index (χ2v) is 5.47. The van der Waals surface area contributed by atoms with Crippen LogP contribution in [0.5, 0.6) is 0 Å². The predicted molar refractivity (Wildman–Crippen MR) is 65.5 cm³/mol. The summed E-state index contributed by atoms with van der Waals surface area (Å²) in [5.74, 6) is 0. The van der Waals surface area contributed by atoms with Gasteiger partial charge in [-0.15, -0.1) is 0 Å². The van der Waals surface area contributed by atoms with Crippen LogP contribution < -0.4 is 0 Å². The Kier molecular flexibility index (Phi) is 5.84. The number of carbonyl (C=O) groups excluding carboxylic acids is 1. The minimum absolute atomic E-state index is 0.436. The summed E-state index contributed by atoms with van der Waals surface area (Å²) in [6.45, 7) is 11.8. The monoisotopic (exact) mass is 230 g/mol. The van der Waals surface area contributed by atoms with Crippen LogP contribution in [0.3, 0.4) is 0 Å². The third-order valence-electron chi connectivity index (χ3n) is 2.42. The Hall–Kier alpha value is -0.730. The molecule has 0 rings (SSSR count). The van der Waals surface area contributed by atoms with Crippen molar-refractivity contribution in [3.8, 4) is 0 Å². The first-order valence-electron chi connectivity index (χ1n) is 6.14. The van der Waals surface area contributed by atoms with Gasteiger partial charge >= 0.3 is 6.16 Å². The third-order valence-corrected chi connectivity index (χ3v) is 2.42. The van der Waals surface area contributed by atoms with Gasteiger partial charge in [-0.25, -0.2) is 4.79 Å². The van der Waals surface area contributed by atoms with Gasteiger partial charge in [-0.05, 0) is 40.5 Å². The molecule has 0 aliphatic heterocycles. The standard InChI is InChI=1S/C13H26O3/c1-7-9-12(3,4)15-11(14)16-13(5,6)10-8-2/h7-10H2,1-6H3. The van der Waals surface area contributed by atoms with Crippen LogP contribution in [-0.4, -0.2) is 17.4 Å². The van der Waals surface area contributed by atoms with Crippen LogP contribution >= 0.6 is 0 Å².